The average molecular weight is 437 g/mol. The summed E-state index contributed by atoms with van der Waals surface area (Å²) in [7, 11) is 0. The van der Waals surface area contributed by atoms with Crippen molar-refractivity contribution < 1.29 is 19.2 Å². The summed E-state index contributed by atoms with van der Waals surface area (Å²) in [6.45, 7) is 0. The van der Waals surface area contributed by atoms with Crippen molar-refractivity contribution >= 4 is 24.6 Å². The molecule has 8 heteroatoms. The molecule has 0 unspecified atom stereocenters. The fourth-order valence-electron chi connectivity index (χ4n) is 4.02. The standard InChI is InChI=1S/C24H28N4O4/c29-15-25-21(17-7-3-1-4-8-17)23(31)27-19-11-13-20(14-12-19)28-24(32)22(26-16-30)18-9-5-2-6-10-18/h1-10,15-16,19-22H,11-14H2,(H,25,29)(H,26,30)(H,27,31)(H,28,32)/t19-,20-,21-,22+. The highest BCUT2D eigenvalue weighted by Crippen LogP contribution is 2.21. The molecule has 168 valence electrons. The van der Waals surface area contributed by atoms with Gasteiger partial charge in [-0.2, -0.15) is 0 Å². The molecule has 0 bridgehead atoms. The summed E-state index contributed by atoms with van der Waals surface area (Å²) < 4.78 is 0. The zero-order valence-electron chi connectivity index (χ0n) is 17.7. The van der Waals surface area contributed by atoms with Gasteiger partial charge in [-0.25, -0.2) is 0 Å². The number of nitrogens with one attached hydrogen (secondary N) is 4. The second kappa shape index (κ2) is 11.6. The maximum Gasteiger partial charge on any atom is 0.247 e. The number of amides is 4. The minimum atomic E-state index is -0.743. The molecule has 4 N–H and O–H groups in total. The first-order chi connectivity index (χ1) is 15.6. The molecule has 3 rings (SSSR count). The SMILES string of the molecule is O=CN[C@H](C(=O)N[C@H]1CC[C@H](NC(=O)[C@H](NC=O)c2ccccc2)CC1)c1ccccc1. The van der Waals surface area contributed by atoms with Crippen molar-refractivity contribution in [2.45, 2.75) is 49.9 Å². The van der Waals surface area contributed by atoms with Gasteiger partial charge in [0, 0.05) is 12.1 Å². The third-order valence-corrected chi connectivity index (χ3v) is 5.68. The number of carbonyl (C=O) groups excluding carboxylic acids is 4. The van der Waals surface area contributed by atoms with Gasteiger partial charge in [-0.3, -0.25) is 19.2 Å². The molecule has 1 aliphatic carbocycles. The van der Waals surface area contributed by atoms with E-state index in [0.717, 1.165) is 0 Å². The van der Waals surface area contributed by atoms with Crippen LogP contribution in [-0.2, 0) is 19.2 Å². The average Bonchev–Trinajstić information content (AvgIpc) is 2.83. The number of rotatable bonds is 10. The maximum atomic E-state index is 12.7. The molecule has 0 heterocycles. The summed E-state index contributed by atoms with van der Waals surface area (Å²) in [6, 6.07) is 16.6. The van der Waals surface area contributed by atoms with Gasteiger partial charge < -0.3 is 21.3 Å². The lowest BCUT2D eigenvalue weighted by Crippen LogP contribution is -2.48. The van der Waals surface area contributed by atoms with Crippen LogP contribution in [0, 0.1) is 0 Å². The van der Waals surface area contributed by atoms with E-state index in [4.69, 9.17) is 0 Å². The molecule has 0 spiro atoms. The van der Waals surface area contributed by atoms with E-state index in [0.29, 0.717) is 49.6 Å². The Morgan fingerprint density at radius 3 is 1.31 bits per heavy atom. The van der Waals surface area contributed by atoms with Crippen LogP contribution in [0.2, 0.25) is 0 Å². The zero-order chi connectivity index (χ0) is 22.8. The van der Waals surface area contributed by atoms with Gasteiger partial charge in [-0.1, -0.05) is 60.7 Å². The van der Waals surface area contributed by atoms with Crippen LogP contribution in [-0.4, -0.2) is 36.7 Å². The third kappa shape index (κ3) is 6.16. The second-order valence-corrected chi connectivity index (χ2v) is 7.82. The Labute approximate surface area is 187 Å². The van der Waals surface area contributed by atoms with Crippen molar-refractivity contribution in [3.8, 4) is 0 Å². The molecule has 4 amide bonds. The van der Waals surface area contributed by atoms with E-state index in [2.05, 4.69) is 21.3 Å². The number of benzene rings is 2. The summed E-state index contributed by atoms with van der Waals surface area (Å²) in [6.07, 6.45) is 3.87. The molecule has 0 aliphatic heterocycles. The van der Waals surface area contributed by atoms with Crippen LogP contribution in [0.15, 0.2) is 60.7 Å². The van der Waals surface area contributed by atoms with Gasteiger partial charge in [-0.15, -0.1) is 0 Å². The Kier molecular flexibility index (Phi) is 8.36. The highest BCUT2D eigenvalue weighted by atomic mass is 16.2. The van der Waals surface area contributed by atoms with E-state index in [1.54, 1.807) is 24.3 Å². The van der Waals surface area contributed by atoms with Gasteiger partial charge in [0.25, 0.3) is 0 Å². The second-order valence-electron chi connectivity index (χ2n) is 7.82. The van der Waals surface area contributed by atoms with Crippen molar-refractivity contribution in [3.05, 3.63) is 71.8 Å². The lowest BCUT2D eigenvalue weighted by atomic mass is 9.90. The lowest BCUT2D eigenvalue weighted by Gasteiger charge is -2.31. The quantitative estimate of drug-likeness (QED) is 0.423. The maximum absolute atomic E-state index is 12.7. The normalized spacial score (nSPS) is 19.6. The van der Waals surface area contributed by atoms with Crippen LogP contribution < -0.4 is 21.3 Å². The minimum absolute atomic E-state index is 0.0339. The molecule has 32 heavy (non-hydrogen) atoms. The van der Waals surface area contributed by atoms with Crippen LogP contribution in [0.5, 0.6) is 0 Å². The van der Waals surface area contributed by atoms with E-state index in [1.165, 1.54) is 0 Å². The first-order valence-corrected chi connectivity index (χ1v) is 10.7. The Hall–Kier alpha value is -3.68. The Bertz CT molecular complexity index is 823. The molecule has 0 radical (unpaired) electrons. The van der Waals surface area contributed by atoms with E-state index in [1.807, 2.05) is 36.4 Å². The minimum Gasteiger partial charge on any atom is -0.351 e. The third-order valence-electron chi connectivity index (χ3n) is 5.68. The number of hydrogen-bond acceptors (Lipinski definition) is 4. The topological polar surface area (TPSA) is 116 Å². The van der Waals surface area contributed by atoms with Gasteiger partial charge in [0.15, 0.2) is 0 Å². The van der Waals surface area contributed by atoms with E-state index >= 15 is 0 Å². The fraction of sp³-hybridized carbons (Fsp3) is 0.333. The van der Waals surface area contributed by atoms with Gasteiger partial charge in [0.2, 0.25) is 24.6 Å². The van der Waals surface area contributed by atoms with Crippen LogP contribution in [0.25, 0.3) is 0 Å². The molecular formula is C24H28N4O4. The highest BCUT2D eigenvalue weighted by Gasteiger charge is 2.28. The summed E-state index contributed by atoms with van der Waals surface area (Å²) in [5.74, 6) is -0.509. The van der Waals surface area contributed by atoms with E-state index in [9.17, 15) is 19.2 Å². The largest absolute Gasteiger partial charge is 0.351 e. The highest BCUT2D eigenvalue weighted by molar-refractivity contribution is 5.86. The van der Waals surface area contributed by atoms with Gasteiger partial charge in [0.05, 0.1) is 0 Å². The van der Waals surface area contributed by atoms with Gasteiger partial charge in [-0.05, 0) is 36.8 Å². The van der Waals surface area contributed by atoms with Crippen LogP contribution in [0.3, 0.4) is 0 Å². The lowest BCUT2D eigenvalue weighted by molar-refractivity contribution is -0.127. The van der Waals surface area contributed by atoms with Crippen molar-refractivity contribution in [2.75, 3.05) is 0 Å². The summed E-state index contributed by atoms with van der Waals surface area (Å²) in [5, 5.41) is 11.2. The molecule has 1 saturated carbocycles. The summed E-state index contributed by atoms with van der Waals surface area (Å²) >= 11 is 0. The molecule has 2 atom stereocenters. The molecule has 0 aromatic heterocycles. The molecule has 2 aromatic carbocycles. The first-order valence-electron chi connectivity index (χ1n) is 10.7. The zero-order valence-corrected chi connectivity index (χ0v) is 17.7. The van der Waals surface area contributed by atoms with Crippen LogP contribution in [0.4, 0.5) is 0 Å². The van der Waals surface area contributed by atoms with Crippen molar-refractivity contribution in [2.24, 2.45) is 0 Å². The summed E-state index contributed by atoms with van der Waals surface area (Å²) in [5.41, 5.74) is 1.43. The summed E-state index contributed by atoms with van der Waals surface area (Å²) in [4.78, 5) is 47.4. The van der Waals surface area contributed by atoms with Crippen molar-refractivity contribution in [1.29, 1.82) is 0 Å². The molecule has 1 fully saturated rings. The van der Waals surface area contributed by atoms with Crippen molar-refractivity contribution in [3.63, 3.8) is 0 Å². The van der Waals surface area contributed by atoms with Crippen LogP contribution >= 0.6 is 0 Å². The predicted octanol–water partition coefficient (Wildman–Crippen LogP) is 1.50. The monoisotopic (exact) mass is 436 g/mol. The van der Waals surface area contributed by atoms with Crippen LogP contribution in [0.1, 0.15) is 48.9 Å². The number of carbonyl (C=O) groups is 4. The van der Waals surface area contributed by atoms with E-state index < -0.39 is 12.1 Å². The molecule has 8 nitrogen and oxygen atoms in total. The molecule has 0 saturated heterocycles. The predicted molar refractivity (Wildman–Crippen MR) is 119 cm³/mol. The van der Waals surface area contributed by atoms with Gasteiger partial charge in [0.1, 0.15) is 12.1 Å². The van der Waals surface area contributed by atoms with E-state index in [-0.39, 0.29) is 23.9 Å². The Morgan fingerprint density at radius 1 is 0.656 bits per heavy atom. The Morgan fingerprint density at radius 2 is 1.00 bits per heavy atom. The first kappa shape index (κ1) is 23.0. The smallest absolute Gasteiger partial charge is 0.247 e. The molecule has 1 aliphatic rings. The molecule has 2 aromatic rings. The van der Waals surface area contributed by atoms with Crippen molar-refractivity contribution in [1.82, 2.24) is 21.3 Å². The fourth-order valence-corrected chi connectivity index (χ4v) is 4.02. The Balaban J connectivity index is 1.52. The molecular weight excluding hydrogens is 408 g/mol. The van der Waals surface area contributed by atoms with Gasteiger partial charge >= 0.3 is 0 Å². The number of hydrogen-bond donors (Lipinski definition) is 4.